The van der Waals surface area contributed by atoms with Gasteiger partial charge in [-0.2, -0.15) is 0 Å². The summed E-state index contributed by atoms with van der Waals surface area (Å²) in [6, 6.07) is 0. The first-order valence-corrected chi connectivity index (χ1v) is 5.58. The summed E-state index contributed by atoms with van der Waals surface area (Å²) in [5, 5.41) is 11.3. The van der Waals surface area contributed by atoms with Crippen molar-refractivity contribution in [3.63, 3.8) is 0 Å². The number of nitro groups is 1. The molecule has 2 fully saturated rings. The highest BCUT2D eigenvalue weighted by Gasteiger charge is 2.65. The molecule has 0 spiro atoms. The quantitative estimate of drug-likeness (QED) is 0.364. The van der Waals surface area contributed by atoms with E-state index in [2.05, 4.69) is 12.2 Å². The third kappa shape index (κ3) is 0.787. The molecule has 4 unspecified atom stereocenters. The van der Waals surface area contributed by atoms with Crippen LogP contribution in [-0.4, -0.2) is 10.5 Å². The topological polar surface area (TPSA) is 43.1 Å². The van der Waals surface area contributed by atoms with Gasteiger partial charge in [0.1, 0.15) is 0 Å². The lowest BCUT2D eigenvalue weighted by Gasteiger charge is -2.37. The highest BCUT2D eigenvalue weighted by molar-refractivity contribution is 5.21. The van der Waals surface area contributed by atoms with Crippen LogP contribution >= 0.6 is 0 Å². The van der Waals surface area contributed by atoms with Crippen molar-refractivity contribution >= 4 is 0 Å². The van der Waals surface area contributed by atoms with Gasteiger partial charge in [0.15, 0.2) is 0 Å². The van der Waals surface area contributed by atoms with E-state index in [-0.39, 0.29) is 10.8 Å². The lowest BCUT2D eigenvalue weighted by atomic mass is 9.67. The maximum absolute atomic E-state index is 11.3. The first-order valence-electron chi connectivity index (χ1n) is 5.58. The van der Waals surface area contributed by atoms with Crippen LogP contribution in [0.2, 0.25) is 0 Å². The molecule has 0 aromatic carbocycles. The van der Waals surface area contributed by atoms with Crippen molar-refractivity contribution in [2.75, 3.05) is 0 Å². The molecule has 0 heterocycles. The monoisotopic (exact) mass is 193 g/mol. The predicted octanol–water partition coefficient (Wildman–Crippen LogP) is 2.40. The molecule has 3 heteroatoms. The van der Waals surface area contributed by atoms with Gasteiger partial charge in [0.05, 0.1) is 0 Å². The summed E-state index contributed by atoms with van der Waals surface area (Å²) in [4.78, 5) is 11.4. The number of nitrogens with zero attached hydrogens (tertiary/aromatic N) is 1. The van der Waals surface area contributed by atoms with Gasteiger partial charge in [-0.15, -0.1) is 0 Å². The second-order valence-corrected chi connectivity index (χ2v) is 4.99. The highest BCUT2D eigenvalue weighted by atomic mass is 16.6. The fourth-order valence-electron chi connectivity index (χ4n) is 4.01. The van der Waals surface area contributed by atoms with Crippen LogP contribution < -0.4 is 0 Å². The molecule has 76 valence electrons. The van der Waals surface area contributed by atoms with Crippen molar-refractivity contribution < 1.29 is 4.92 Å². The van der Waals surface area contributed by atoms with Crippen molar-refractivity contribution in [2.45, 2.75) is 37.6 Å². The zero-order chi connectivity index (χ0) is 9.76. The molecule has 2 saturated carbocycles. The molecule has 3 aliphatic rings. The van der Waals surface area contributed by atoms with Crippen LogP contribution in [0.25, 0.3) is 0 Å². The number of fused-ring (bicyclic) bond motifs is 5. The molecule has 0 radical (unpaired) electrons. The third-order valence-electron chi connectivity index (χ3n) is 4.60. The standard InChI is InChI=1S/C11H15NO2/c13-12(14)11-6-2-1-3-10(11)8-4-5-9(11)7-8/h4-5,8-10H,1-3,6-7H2. The SMILES string of the molecule is O=[N+]([O-])C12CCCCC1C1C=CC2C1. The fourth-order valence-corrected chi connectivity index (χ4v) is 4.01. The summed E-state index contributed by atoms with van der Waals surface area (Å²) in [6.45, 7) is 0. The van der Waals surface area contributed by atoms with E-state index in [0.29, 0.717) is 11.8 Å². The smallest absolute Gasteiger partial charge is 0.231 e. The van der Waals surface area contributed by atoms with Gasteiger partial charge in [0.2, 0.25) is 5.54 Å². The Morgan fingerprint density at radius 3 is 2.93 bits per heavy atom. The Morgan fingerprint density at radius 2 is 2.21 bits per heavy atom. The van der Waals surface area contributed by atoms with Crippen LogP contribution in [0.4, 0.5) is 0 Å². The zero-order valence-corrected chi connectivity index (χ0v) is 8.19. The van der Waals surface area contributed by atoms with Gasteiger partial charge in [-0.05, 0) is 25.2 Å². The van der Waals surface area contributed by atoms with Crippen LogP contribution in [0.1, 0.15) is 32.1 Å². The summed E-state index contributed by atoms with van der Waals surface area (Å²) in [5.74, 6) is 1.11. The van der Waals surface area contributed by atoms with Crippen LogP contribution in [0.15, 0.2) is 12.2 Å². The number of hydrogen-bond acceptors (Lipinski definition) is 2. The average Bonchev–Trinajstić information content (AvgIpc) is 2.77. The van der Waals surface area contributed by atoms with Crippen molar-refractivity contribution in [2.24, 2.45) is 17.8 Å². The van der Waals surface area contributed by atoms with E-state index in [0.717, 1.165) is 25.7 Å². The molecule has 0 aliphatic heterocycles. The summed E-state index contributed by atoms with van der Waals surface area (Å²) in [7, 11) is 0. The summed E-state index contributed by atoms with van der Waals surface area (Å²) in [5.41, 5.74) is -0.558. The Morgan fingerprint density at radius 1 is 1.36 bits per heavy atom. The lowest BCUT2D eigenvalue weighted by Crippen LogP contribution is -2.50. The molecule has 3 nitrogen and oxygen atoms in total. The van der Waals surface area contributed by atoms with Crippen LogP contribution in [0.5, 0.6) is 0 Å². The van der Waals surface area contributed by atoms with Crippen molar-refractivity contribution in [3.8, 4) is 0 Å². The van der Waals surface area contributed by atoms with Gasteiger partial charge in [-0.3, -0.25) is 10.1 Å². The Hall–Kier alpha value is -0.860. The Labute approximate surface area is 83.3 Å². The molecule has 2 bridgehead atoms. The van der Waals surface area contributed by atoms with Gasteiger partial charge in [0, 0.05) is 23.2 Å². The Balaban J connectivity index is 2.05. The molecule has 14 heavy (non-hydrogen) atoms. The van der Waals surface area contributed by atoms with Gasteiger partial charge in [-0.1, -0.05) is 18.6 Å². The minimum atomic E-state index is -0.558. The molecular weight excluding hydrogens is 178 g/mol. The molecule has 0 N–H and O–H groups in total. The van der Waals surface area contributed by atoms with Gasteiger partial charge in [0.25, 0.3) is 0 Å². The number of rotatable bonds is 1. The van der Waals surface area contributed by atoms with E-state index >= 15 is 0 Å². The van der Waals surface area contributed by atoms with Gasteiger partial charge < -0.3 is 0 Å². The normalized spacial score (nSPS) is 49.3. The molecule has 0 saturated heterocycles. The molecule has 3 aliphatic carbocycles. The van der Waals surface area contributed by atoms with Gasteiger partial charge in [-0.25, -0.2) is 0 Å². The molecule has 0 aromatic rings. The summed E-state index contributed by atoms with van der Waals surface area (Å²) >= 11 is 0. The number of allylic oxidation sites excluding steroid dienone is 1. The minimum Gasteiger partial charge on any atom is -0.264 e. The van der Waals surface area contributed by atoms with E-state index in [4.69, 9.17) is 0 Å². The second-order valence-electron chi connectivity index (χ2n) is 4.99. The zero-order valence-electron chi connectivity index (χ0n) is 8.19. The first kappa shape index (κ1) is 8.45. The highest BCUT2D eigenvalue weighted by Crippen LogP contribution is 2.57. The first-order chi connectivity index (χ1) is 6.75. The average molecular weight is 193 g/mol. The van der Waals surface area contributed by atoms with Crippen LogP contribution in [-0.2, 0) is 0 Å². The largest absolute Gasteiger partial charge is 0.264 e. The van der Waals surface area contributed by atoms with Crippen LogP contribution in [0, 0.1) is 27.9 Å². The van der Waals surface area contributed by atoms with Crippen LogP contribution in [0.3, 0.4) is 0 Å². The summed E-state index contributed by atoms with van der Waals surface area (Å²) in [6.07, 6.45) is 9.51. The Kier molecular flexibility index (Phi) is 1.56. The second kappa shape index (κ2) is 2.59. The molecule has 0 amide bonds. The molecular formula is C11H15NO2. The van der Waals surface area contributed by atoms with Crippen molar-refractivity contribution in [1.82, 2.24) is 0 Å². The fraction of sp³-hybridized carbons (Fsp3) is 0.818. The molecule has 3 rings (SSSR count). The molecule has 0 aromatic heterocycles. The van der Waals surface area contributed by atoms with E-state index < -0.39 is 5.54 Å². The van der Waals surface area contributed by atoms with E-state index in [1.165, 1.54) is 6.42 Å². The Bertz CT molecular complexity index is 312. The van der Waals surface area contributed by atoms with Gasteiger partial charge >= 0.3 is 0 Å². The number of hydrogen-bond donors (Lipinski definition) is 0. The molecule has 4 atom stereocenters. The summed E-state index contributed by atoms with van der Waals surface area (Å²) < 4.78 is 0. The maximum Gasteiger partial charge on any atom is 0.231 e. The van der Waals surface area contributed by atoms with E-state index in [1.807, 2.05) is 0 Å². The van der Waals surface area contributed by atoms with E-state index in [9.17, 15) is 10.1 Å². The lowest BCUT2D eigenvalue weighted by molar-refractivity contribution is -0.589. The third-order valence-corrected chi connectivity index (χ3v) is 4.60. The van der Waals surface area contributed by atoms with Crippen molar-refractivity contribution in [3.05, 3.63) is 22.3 Å². The van der Waals surface area contributed by atoms with E-state index in [1.54, 1.807) is 0 Å². The predicted molar refractivity (Wildman–Crippen MR) is 52.4 cm³/mol. The maximum atomic E-state index is 11.3. The minimum absolute atomic E-state index is 0.0466. The van der Waals surface area contributed by atoms with Crippen molar-refractivity contribution in [1.29, 1.82) is 0 Å².